The van der Waals surface area contributed by atoms with Crippen LogP contribution >= 0.6 is 0 Å². The van der Waals surface area contributed by atoms with Gasteiger partial charge in [0.25, 0.3) is 5.91 Å². The van der Waals surface area contributed by atoms with Gasteiger partial charge in [-0.25, -0.2) is 0 Å². The molecule has 0 unspecified atom stereocenters. The average molecular weight is 324 g/mol. The lowest BCUT2D eigenvalue weighted by molar-refractivity contribution is -0.114. The minimum Gasteiger partial charge on any atom is -0.326 e. The molecule has 0 aromatic heterocycles. The maximum atomic E-state index is 12.4. The number of rotatable bonds is 6. The summed E-state index contributed by atoms with van der Waals surface area (Å²) < 4.78 is 0. The number of hydrogen-bond donors (Lipinski definition) is 2. The van der Waals surface area contributed by atoms with Crippen LogP contribution in [0.4, 0.5) is 11.4 Å². The van der Waals surface area contributed by atoms with Crippen molar-refractivity contribution in [2.75, 3.05) is 10.6 Å². The summed E-state index contributed by atoms with van der Waals surface area (Å²) in [6.45, 7) is 5.51. The van der Waals surface area contributed by atoms with Crippen LogP contribution in [0, 0.1) is 6.92 Å². The number of aryl methyl sites for hydroxylation is 2. The smallest absolute Gasteiger partial charge is 0.255 e. The summed E-state index contributed by atoms with van der Waals surface area (Å²) >= 11 is 0. The van der Waals surface area contributed by atoms with Crippen LogP contribution in [-0.4, -0.2) is 11.8 Å². The van der Waals surface area contributed by atoms with Crippen molar-refractivity contribution in [3.05, 3.63) is 59.2 Å². The van der Waals surface area contributed by atoms with Gasteiger partial charge in [-0.05, 0) is 55.2 Å². The first-order chi connectivity index (χ1) is 11.5. The lowest BCUT2D eigenvalue weighted by Crippen LogP contribution is -2.13. The van der Waals surface area contributed by atoms with E-state index in [1.807, 2.05) is 37.3 Å². The Bertz CT molecular complexity index is 721. The van der Waals surface area contributed by atoms with E-state index in [0.29, 0.717) is 11.3 Å². The zero-order chi connectivity index (χ0) is 17.5. The monoisotopic (exact) mass is 324 g/mol. The first-order valence-electron chi connectivity index (χ1n) is 8.28. The molecule has 2 N–H and O–H groups in total. The minimum absolute atomic E-state index is 0.154. The van der Waals surface area contributed by atoms with Gasteiger partial charge in [0.15, 0.2) is 0 Å². The second-order valence-corrected chi connectivity index (χ2v) is 5.97. The van der Waals surface area contributed by atoms with Gasteiger partial charge in [-0.2, -0.15) is 0 Å². The Morgan fingerprint density at radius 1 is 1.00 bits per heavy atom. The van der Waals surface area contributed by atoms with E-state index < -0.39 is 0 Å². The van der Waals surface area contributed by atoms with Crippen molar-refractivity contribution >= 4 is 23.2 Å². The van der Waals surface area contributed by atoms with Crippen LogP contribution in [0.25, 0.3) is 0 Å². The van der Waals surface area contributed by atoms with Crippen molar-refractivity contribution in [1.29, 1.82) is 0 Å². The number of anilines is 2. The number of nitrogens with one attached hydrogen (secondary N) is 2. The molecule has 0 bridgehead atoms. The molecular formula is C20H24N2O2. The fourth-order valence-electron chi connectivity index (χ4n) is 2.43. The first kappa shape index (κ1) is 17.7. The van der Waals surface area contributed by atoms with Crippen molar-refractivity contribution < 1.29 is 9.59 Å². The summed E-state index contributed by atoms with van der Waals surface area (Å²) in [6.07, 6.45) is 3.40. The number of carbonyl (C=O) groups excluding carboxylic acids is 2. The zero-order valence-electron chi connectivity index (χ0n) is 14.5. The molecule has 2 aromatic carbocycles. The SMILES string of the molecule is CCCCc1ccc(NC(=O)c2ccc(C)c(NC(C)=O)c2)cc1. The average Bonchev–Trinajstić information content (AvgIpc) is 2.55. The molecule has 0 aliphatic heterocycles. The van der Waals surface area contributed by atoms with Crippen LogP contribution in [0.3, 0.4) is 0 Å². The molecule has 0 aliphatic carbocycles. The van der Waals surface area contributed by atoms with Gasteiger partial charge in [0, 0.05) is 23.9 Å². The van der Waals surface area contributed by atoms with E-state index in [2.05, 4.69) is 17.6 Å². The highest BCUT2D eigenvalue weighted by atomic mass is 16.2. The zero-order valence-corrected chi connectivity index (χ0v) is 14.5. The Balaban J connectivity index is 2.07. The fourth-order valence-corrected chi connectivity index (χ4v) is 2.43. The predicted octanol–water partition coefficient (Wildman–Crippen LogP) is 4.55. The molecule has 2 amide bonds. The molecule has 0 atom stereocenters. The van der Waals surface area contributed by atoms with E-state index >= 15 is 0 Å². The summed E-state index contributed by atoms with van der Waals surface area (Å²) in [6, 6.07) is 13.2. The minimum atomic E-state index is -0.192. The van der Waals surface area contributed by atoms with Gasteiger partial charge in [0.1, 0.15) is 0 Å². The molecule has 0 radical (unpaired) electrons. The molecule has 2 rings (SSSR count). The molecule has 126 valence electrons. The van der Waals surface area contributed by atoms with Crippen molar-refractivity contribution in [2.45, 2.75) is 40.0 Å². The molecule has 2 aromatic rings. The highest BCUT2D eigenvalue weighted by Crippen LogP contribution is 2.19. The molecule has 0 spiro atoms. The lowest BCUT2D eigenvalue weighted by atomic mass is 10.1. The topological polar surface area (TPSA) is 58.2 Å². The van der Waals surface area contributed by atoms with Crippen LogP contribution in [0.5, 0.6) is 0 Å². The third-order valence-corrected chi connectivity index (χ3v) is 3.84. The molecular weight excluding hydrogens is 300 g/mol. The Labute approximate surface area is 143 Å². The summed E-state index contributed by atoms with van der Waals surface area (Å²) in [7, 11) is 0. The fraction of sp³-hybridized carbons (Fsp3) is 0.300. The molecule has 0 saturated carbocycles. The number of carbonyl (C=O) groups is 2. The summed E-state index contributed by atoms with van der Waals surface area (Å²) in [5.74, 6) is -0.346. The van der Waals surface area contributed by atoms with E-state index in [9.17, 15) is 9.59 Å². The van der Waals surface area contributed by atoms with E-state index in [4.69, 9.17) is 0 Å². The van der Waals surface area contributed by atoms with Crippen molar-refractivity contribution in [3.8, 4) is 0 Å². The number of amides is 2. The quantitative estimate of drug-likeness (QED) is 0.819. The number of hydrogen-bond acceptors (Lipinski definition) is 2. The summed E-state index contributed by atoms with van der Waals surface area (Å²) in [5.41, 5.74) is 4.13. The second kappa shape index (κ2) is 8.29. The Kier molecular flexibility index (Phi) is 6.13. The maximum Gasteiger partial charge on any atom is 0.255 e. The predicted molar refractivity (Wildman–Crippen MR) is 98.5 cm³/mol. The lowest BCUT2D eigenvalue weighted by Gasteiger charge is -2.10. The van der Waals surface area contributed by atoms with E-state index in [1.165, 1.54) is 25.3 Å². The van der Waals surface area contributed by atoms with Crippen LogP contribution in [0.15, 0.2) is 42.5 Å². The molecule has 4 heteroatoms. The first-order valence-corrected chi connectivity index (χ1v) is 8.28. The van der Waals surface area contributed by atoms with Crippen LogP contribution < -0.4 is 10.6 Å². The highest BCUT2D eigenvalue weighted by molar-refractivity contribution is 6.05. The van der Waals surface area contributed by atoms with E-state index in [1.54, 1.807) is 12.1 Å². The summed E-state index contributed by atoms with van der Waals surface area (Å²) in [5, 5.41) is 5.63. The third kappa shape index (κ3) is 4.95. The van der Waals surface area contributed by atoms with Crippen LogP contribution in [0.2, 0.25) is 0 Å². The van der Waals surface area contributed by atoms with Crippen LogP contribution in [-0.2, 0) is 11.2 Å². The van der Waals surface area contributed by atoms with E-state index in [0.717, 1.165) is 17.7 Å². The van der Waals surface area contributed by atoms with Gasteiger partial charge in [-0.15, -0.1) is 0 Å². The molecule has 24 heavy (non-hydrogen) atoms. The Morgan fingerprint density at radius 3 is 2.33 bits per heavy atom. The van der Waals surface area contributed by atoms with Crippen molar-refractivity contribution in [3.63, 3.8) is 0 Å². The van der Waals surface area contributed by atoms with Gasteiger partial charge in [0.05, 0.1) is 0 Å². The Morgan fingerprint density at radius 2 is 1.71 bits per heavy atom. The molecule has 0 aliphatic rings. The van der Waals surface area contributed by atoms with Crippen molar-refractivity contribution in [2.24, 2.45) is 0 Å². The summed E-state index contributed by atoms with van der Waals surface area (Å²) in [4.78, 5) is 23.6. The van der Waals surface area contributed by atoms with Gasteiger partial charge >= 0.3 is 0 Å². The standard InChI is InChI=1S/C20H24N2O2/c1-4-5-6-16-8-11-18(12-9-16)22-20(24)17-10-7-14(2)19(13-17)21-15(3)23/h7-13H,4-6H2,1-3H3,(H,21,23)(H,22,24). The van der Waals surface area contributed by atoms with Gasteiger partial charge < -0.3 is 10.6 Å². The van der Waals surface area contributed by atoms with Crippen LogP contribution in [0.1, 0.15) is 48.2 Å². The normalized spacial score (nSPS) is 10.3. The highest BCUT2D eigenvalue weighted by Gasteiger charge is 2.09. The van der Waals surface area contributed by atoms with Gasteiger partial charge in [-0.3, -0.25) is 9.59 Å². The molecule has 0 fully saturated rings. The van der Waals surface area contributed by atoms with E-state index in [-0.39, 0.29) is 11.8 Å². The molecule has 0 heterocycles. The molecule has 4 nitrogen and oxygen atoms in total. The second-order valence-electron chi connectivity index (χ2n) is 5.97. The van der Waals surface area contributed by atoms with Crippen molar-refractivity contribution in [1.82, 2.24) is 0 Å². The van der Waals surface area contributed by atoms with Gasteiger partial charge in [-0.1, -0.05) is 31.5 Å². The largest absolute Gasteiger partial charge is 0.326 e. The molecule has 0 saturated heterocycles. The Hall–Kier alpha value is -2.62. The van der Waals surface area contributed by atoms with Gasteiger partial charge in [0.2, 0.25) is 5.91 Å². The third-order valence-electron chi connectivity index (χ3n) is 3.84. The maximum absolute atomic E-state index is 12.4. The number of benzene rings is 2. The number of unbranched alkanes of at least 4 members (excludes halogenated alkanes) is 1.